The summed E-state index contributed by atoms with van der Waals surface area (Å²) in [5.74, 6) is 0.197. The van der Waals surface area contributed by atoms with Gasteiger partial charge in [-0.3, -0.25) is 0 Å². The molecule has 0 radical (unpaired) electrons. The number of halogens is 2. The zero-order valence-corrected chi connectivity index (χ0v) is 19.6. The predicted molar refractivity (Wildman–Crippen MR) is 124 cm³/mol. The van der Waals surface area contributed by atoms with E-state index in [9.17, 15) is 8.78 Å². The minimum atomic E-state index is -0.810. The Kier molecular flexibility index (Phi) is 14.0. The molecule has 0 saturated heterocycles. The number of methoxy groups -OCH3 is 2. The number of nitriles is 1. The number of ether oxygens (including phenoxy) is 2. The molecular weight excluding hydrogens is 452 g/mol. The molecule has 3 aromatic rings. The Morgan fingerprint density at radius 2 is 1.76 bits per heavy atom. The summed E-state index contributed by atoms with van der Waals surface area (Å²) in [4.78, 5) is 22.4. The van der Waals surface area contributed by atoms with Crippen LogP contribution >= 0.6 is 11.3 Å². The molecule has 7 nitrogen and oxygen atoms in total. The Bertz CT molecular complexity index is 1030. The van der Waals surface area contributed by atoms with E-state index in [-0.39, 0.29) is 11.1 Å². The van der Waals surface area contributed by atoms with Crippen molar-refractivity contribution in [1.82, 2.24) is 4.98 Å². The summed E-state index contributed by atoms with van der Waals surface area (Å²) in [5, 5.41) is 11.3. The number of rotatable bonds is 5. The maximum Gasteiger partial charge on any atom is 0.185 e. The lowest BCUT2D eigenvalue weighted by Crippen LogP contribution is -2.16. The van der Waals surface area contributed by atoms with Crippen molar-refractivity contribution in [2.45, 2.75) is 13.5 Å². The quantitative estimate of drug-likeness (QED) is 0.531. The number of aromatic nitrogens is 1. The van der Waals surface area contributed by atoms with Gasteiger partial charge in [0.1, 0.15) is 42.8 Å². The highest BCUT2D eigenvalue weighted by molar-refractivity contribution is 7.13. The molecule has 0 atom stereocenters. The number of carbonyl (C=O) groups excluding carboxylic acids is 2. The van der Waals surface area contributed by atoms with Gasteiger partial charge in [-0.1, -0.05) is 0 Å². The summed E-state index contributed by atoms with van der Waals surface area (Å²) >= 11 is 1.62. The number of benzene rings is 2. The van der Waals surface area contributed by atoms with Gasteiger partial charge in [0.2, 0.25) is 0 Å². The van der Waals surface area contributed by atoms with Crippen LogP contribution in [0.1, 0.15) is 16.7 Å². The summed E-state index contributed by atoms with van der Waals surface area (Å²) in [6.07, 6.45) is 1.81. The number of thiazole rings is 1. The van der Waals surface area contributed by atoms with Crippen molar-refractivity contribution in [2.24, 2.45) is 0 Å². The van der Waals surface area contributed by atoms with Crippen molar-refractivity contribution in [3.05, 3.63) is 70.2 Å². The first-order valence-electron chi connectivity index (χ1n) is 9.14. The average molecular weight is 478 g/mol. The van der Waals surface area contributed by atoms with Crippen molar-refractivity contribution in [3.8, 4) is 17.6 Å². The summed E-state index contributed by atoms with van der Waals surface area (Å²) in [6, 6.07) is 9.37. The SMILES string of the molecule is C=O.C=O.COc1ccc(CN(C)c2nccs2)c(OC)c1.Cc1cc(C#N)c(F)cc1F. The maximum atomic E-state index is 12.6. The van der Waals surface area contributed by atoms with Gasteiger partial charge < -0.3 is 24.0 Å². The highest BCUT2D eigenvalue weighted by Crippen LogP contribution is 2.27. The molecule has 2 aromatic carbocycles. The van der Waals surface area contributed by atoms with Gasteiger partial charge in [-0.05, 0) is 30.7 Å². The van der Waals surface area contributed by atoms with Gasteiger partial charge in [0, 0.05) is 42.9 Å². The number of nitrogens with zero attached hydrogens (tertiary/aromatic N) is 3. The molecule has 1 aromatic heterocycles. The molecule has 176 valence electrons. The number of hydrogen-bond donors (Lipinski definition) is 0. The lowest BCUT2D eigenvalue weighted by Gasteiger charge is -2.18. The highest BCUT2D eigenvalue weighted by atomic mass is 32.1. The van der Waals surface area contributed by atoms with Crippen LogP contribution in [0.15, 0.2) is 41.9 Å². The second-order valence-electron chi connectivity index (χ2n) is 6.04. The summed E-state index contributed by atoms with van der Waals surface area (Å²) in [5.41, 5.74) is 1.27. The molecule has 0 aliphatic carbocycles. The molecular formula is C23H25F2N3O4S. The predicted octanol–water partition coefficient (Wildman–Crippen LogP) is 4.57. The summed E-state index contributed by atoms with van der Waals surface area (Å²) < 4.78 is 35.7. The Labute approximate surface area is 195 Å². The molecule has 0 unspecified atom stereocenters. The third-order valence-corrected chi connectivity index (χ3v) is 4.90. The van der Waals surface area contributed by atoms with Gasteiger partial charge in [-0.15, -0.1) is 11.3 Å². The van der Waals surface area contributed by atoms with Crippen LogP contribution in [0, 0.1) is 29.9 Å². The van der Waals surface area contributed by atoms with E-state index < -0.39 is 11.6 Å². The monoisotopic (exact) mass is 477 g/mol. The van der Waals surface area contributed by atoms with Crippen molar-refractivity contribution < 1.29 is 27.8 Å². The van der Waals surface area contributed by atoms with Crippen LogP contribution in [0.25, 0.3) is 0 Å². The normalized spacial score (nSPS) is 8.88. The van der Waals surface area contributed by atoms with Gasteiger partial charge in [0.25, 0.3) is 0 Å². The number of hydrogen-bond acceptors (Lipinski definition) is 8. The van der Waals surface area contributed by atoms with Crippen LogP contribution in [-0.4, -0.2) is 39.8 Å². The van der Waals surface area contributed by atoms with E-state index in [0.717, 1.165) is 28.7 Å². The topological polar surface area (TPSA) is 92.5 Å². The van der Waals surface area contributed by atoms with Crippen LogP contribution in [0.3, 0.4) is 0 Å². The fraction of sp³-hybridized carbons (Fsp3) is 0.217. The van der Waals surface area contributed by atoms with Crippen LogP contribution in [0.4, 0.5) is 13.9 Å². The zero-order valence-electron chi connectivity index (χ0n) is 18.8. The lowest BCUT2D eigenvalue weighted by molar-refractivity contribution is -0.0987. The molecule has 0 aliphatic heterocycles. The Balaban J connectivity index is 0.000000586. The first-order valence-corrected chi connectivity index (χ1v) is 10.0. The summed E-state index contributed by atoms with van der Waals surface area (Å²) in [7, 11) is 5.33. The molecule has 0 bridgehead atoms. The molecule has 0 aliphatic rings. The number of carbonyl (C=O) groups is 2. The molecule has 0 spiro atoms. The first kappa shape index (κ1) is 29.2. The highest BCUT2D eigenvalue weighted by Gasteiger charge is 2.10. The van der Waals surface area contributed by atoms with E-state index in [1.54, 1.807) is 31.6 Å². The van der Waals surface area contributed by atoms with Crippen molar-refractivity contribution in [1.29, 1.82) is 5.26 Å². The van der Waals surface area contributed by atoms with Gasteiger partial charge in [0.05, 0.1) is 19.8 Å². The fourth-order valence-corrected chi connectivity index (χ4v) is 3.06. The molecule has 1 heterocycles. The zero-order chi connectivity index (χ0) is 25.4. The fourth-order valence-electron chi connectivity index (χ4n) is 2.45. The van der Waals surface area contributed by atoms with Gasteiger partial charge in [0.15, 0.2) is 5.13 Å². The van der Waals surface area contributed by atoms with Crippen molar-refractivity contribution in [3.63, 3.8) is 0 Å². The van der Waals surface area contributed by atoms with E-state index in [1.165, 1.54) is 13.0 Å². The summed E-state index contributed by atoms with van der Waals surface area (Å²) in [6.45, 7) is 6.23. The van der Waals surface area contributed by atoms with E-state index in [0.29, 0.717) is 6.07 Å². The molecule has 0 amide bonds. The van der Waals surface area contributed by atoms with Crippen LogP contribution in [0.2, 0.25) is 0 Å². The third-order valence-electron chi connectivity index (χ3n) is 4.02. The third kappa shape index (κ3) is 9.04. The van der Waals surface area contributed by atoms with E-state index in [4.69, 9.17) is 24.3 Å². The largest absolute Gasteiger partial charge is 0.497 e. The van der Waals surface area contributed by atoms with Crippen LogP contribution in [0.5, 0.6) is 11.5 Å². The maximum absolute atomic E-state index is 12.6. The van der Waals surface area contributed by atoms with Gasteiger partial charge in [-0.25, -0.2) is 13.8 Å². The minimum absolute atomic E-state index is 0.121. The Morgan fingerprint density at radius 1 is 1.09 bits per heavy atom. The lowest BCUT2D eigenvalue weighted by atomic mass is 10.1. The van der Waals surface area contributed by atoms with Crippen molar-refractivity contribution >= 4 is 30.0 Å². The van der Waals surface area contributed by atoms with Crippen LogP contribution in [-0.2, 0) is 16.1 Å². The van der Waals surface area contributed by atoms with E-state index in [1.807, 2.05) is 50.4 Å². The van der Waals surface area contributed by atoms with Gasteiger partial charge in [-0.2, -0.15) is 5.26 Å². The Morgan fingerprint density at radius 3 is 2.27 bits per heavy atom. The Hall–Kier alpha value is -3.84. The van der Waals surface area contributed by atoms with E-state index >= 15 is 0 Å². The van der Waals surface area contributed by atoms with Crippen molar-refractivity contribution in [2.75, 3.05) is 26.2 Å². The van der Waals surface area contributed by atoms with Crippen LogP contribution < -0.4 is 14.4 Å². The van der Waals surface area contributed by atoms with Gasteiger partial charge >= 0.3 is 0 Å². The molecule has 0 saturated carbocycles. The average Bonchev–Trinajstić information content (AvgIpc) is 3.40. The molecule has 0 N–H and O–H groups in total. The number of aryl methyl sites for hydroxylation is 1. The smallest absolute Gasteiger partial charge is 0.185 e. The molecule has 0 fully saturated rings. The number of anilines is 1. The molecule has 33 heavy (non-hydrogen) atoms. The second kappa shape index (κ2) is 15.9. The standard InChI is InChI=1S/C13H16N2O2S.C8H5F2N.2CH2O/c1-15(13-14-6-7-18-13)9-10-4-5-11(16-2)8-12(10)17-3;1-5-2-6(4-11)8(10)3-7(5)9;2*1-2/h4-8H,9H2,1-3H3;2-3H,1H3;2*1H2. The van der Waals surface area contributed by atoms with E-state index in [2.05, 4.69) is 9.88 Å². The first-order chi connectivity index (χ1) is 15.9. The minimum Gasteiger partial charge on any atom is -0.497 e. The molecule has 10 heteroatoms. The second-order valence-corrected chi connectivity index (χ2v) is 6.91. The molecule has 3 rings (SSSR count).